The zero-order valence-corrected chi connectivity index (χ0v) is 10.7. The molecule has 84 valence electrons. The Morgan fingerprint density at radius 1 is 1.27 bits per heavy atom. The van der Waals surface area contributed by atoms with Gasteiger partial charge in [-0.3, -0.25) is 4.99 Å². The summed E-state index contributed by atoms with van der Waals surface area (Å²) >= 11 is 0. The van der Waals surface area contributed by atoms with Crippen molar-refractivity contribution >= 4 is 11.9 Å². The number of nitrogens with zero attached hydrogens (tertiary/aromatic N) is 1. The molecule has 0 radical (unpaired) electrons. The normalized spacial score (nSPS) is 18.4. The summed E-state index contributed by atoms with van der Waals surface area (Å²) in [6.07, 6.45) is 5.51. The van der Waals surface area contributed by atoms with Crippen molar-refractivity contribution in [2.45, 2.75) is 41.5 Å². The Morgan fingerprint density at radius 2 is 1.80 bits per heavy atom. The highest BCUT2D eigenvalue weighted by Gasteiger charge is 2.19. The monoisotopic (exact) mass is 206 g/mol. The van der Waals surface area contributed by atoms with E-state index in [0.29, 0.717) is 5.71 Å². The van der Waals surface area contributed by atoms with E-state index in [-0.39, 0.29) is 5.41 Å². The van der Waals surface area contributed by atoms with Gasteiger partial charge in [-0.25, -0.2) is 0 Å². The molecule has 1 N–H and O–H groups in total. The first-order chi connectivity index (χ1) is 6.95. The lowest BCUT2D eigenvalue weighted by Crippen LogP contribution is -2.14. The number of hydrogen-bond donors (Lipinski definition) is 1. The molecule has 0 aromatic heterocycles. The number of hydrogen-bond acceptors (Lipinski definition) is 2. The molecule has 0 fully saturated rings. The van der Waals surface area contributed by atoms with Crippen LogP contribution in [0.5, 0.6) is 0 Å². The second-order valence-corrected chi connectivity index (χ2v) is 4.20. The second kappa shape index (κ2) is 5.64. The second-order valence-electron chi connectivity index (χ2n) is 4.20. The van der Waals surface area contributed by atoms with E-state index >= 15 is 0 Å². The highest BCUT2D eigenvalue weighted by atomic mass is 14.8. The molecule has 0 saturated heterocycles. The number of aliphatic imine (C=N–C) groups is 1. The maximum absolute atomic E-state index is 7.72. The summed E-state index contributed by atoms with van der Waals surface area (Å²) in [4.78, 5) is 4.33. The third-order valence-corrected chi connectivity index (χ3v) is 2.01. The summed E-state index contributed by atoms with van der Waals surface area (Å²) in [6.45, 7) is 12.2. The van der Waals surface area contributed by atoms with E-state index in [1.807, 2.05) is 32.9 Å². The molecule has 1 aliphatic rings. The van der Waals surface area contributed by atoms with Gasteiger partial charge in [0.25, 0.3) is 0 Å². The van der Waals surface area contributed by atoms with E-state index in [9.17, 15) is 0 Å². The molecule has 0 saturated carbocycles. The van der Waals surface area contributed by atoms with Gasteiger partial charge in [-0.05, 0) is 13.0 Å². The van der Waals surface area contributed by atoms with Crippen molar-refractivity contribution in [3.8, 4) is 0 Å². The fourth-order valence-electron chi connectivity index (χ4n) is 1.11. The van der Waals surface area contributed by atoms with Crippen LogP contribution in [-0.2, 0) is 0 Å². The molecule has 0 atom stereocenters. The summed E-state index contributed by atoms with van der Waals surface area (Å²) in [5.41, 5.74) is 2.46. The quantitative estimate of drug-likeness (QED) is 0.622. The first-order valence-corrected chi connectivity index (χ1v) is 5.46. The molecule has 0 spiro atoms. The number of rotatable bonds is 0. The Bertz CT molecular complexity index is 312. The molecule has 2 heteroatoms. The lowest BCUT2D eigenvalue weighted by molar-refractivity contribution is 0.499. The molecular weight excluding hydrogens is 184 g/mol. The van der Waals surface area contributed by atoms with Gasteiger partial charge in [0.05, 0.1) is 5.71 Å². The third kappa shape index (κ3) is 3.82. The van der Waals surface area contributed by atoms with Crippen LogP contribution < -0.4 is 0 Å². The van der Waals surface area contributed by atoms with Crippen molar-refractivity contribution in [2.75, 3.05) is 0 Å². The summed E-state index contributed by atoms with van der Waals surface area (Å²) in [5.74, 6) is 0. The van der Waals surface area contributed by atoms with Gasteiger partial charge in [-0.15, -0.1) is 0 Å². The summed E-state index contributed by atoms with van der Waals surface area (Å²) in [7, 11) is 0. The lowest BCUT2D eigenvalue weighted by atomic mass is 9.89. The molecular formula is C13H22N2. The van der Waals surface area contributed by atoms with Gasteiger partial charge in [0, 0.05) is 22.9 Å². The molecule has 0 unspecified atom stereocenters. The van der Waals surface area contributed by atoms with Crippen LogP contribution in [0.15, 0.2) is 28.4 Å². The van der Waals surface area contributed by atoms with E-state index < -0.39 is 0 Å². The van der Waals surface area contributed by atoms with Crippen LogP contribution in [0.4, 0.5) is 0 Å². The first-order valence-electron chi connectivity index (χ1n) is 5.46. The summed E-state index contributed by atoms with van der Waals surface area (Å²) in [6, 6.07) is 0. The highest BCUT2D eigenvalue weighted by molar-refractivity contribution is 6.21. The SMILES string of the molecule is C/C=C1/C=NC(C(C)(C)C)=CC1=N.CC. The number of allylic oxidation sites excluding steroid dienone is 4. The van der Waals surface area contributed by atoms with E-state index in [1.54, 1.807) is 6.21 Å². The molecule has 1 rings (SSSR count). The Labute approximate surface area is 93.3 Å². The zero-order valence-electron chi connectivity index (χ0n) is 10.7. The van der Waals surface area contributed by atoms with Gasteiger partial charge in [0.1, 0.15) is 0 Å². The van der Waals surface area contributed by atoms with Crippen molar-refractivity contribution in [1.82, 2.24) is 0 Å². The minimum Gasteiger partial charge on any atom is -0.300 e. The molecule has 0 bridgehead atoms. The van der Waals surface area contributed by atoms with Crippen LogP contribution in [0, 0.1) is 10.8 Å². The van der Waals surface area contributed by atoms with E-state index in [1.165, 1.54) is 0 Å². The fraction of sp³-hybridized carbons (Fsp3) is 0.538. The molecule has 2 nitrogen and oxygen atoms in total. The van der Waals surface area contributed by atoms with Gasteiger partial charge >= 0.3 is 0 Å². The van der Waals surface area contributed by atoms with Crippen molar-refractivity contribution in [3.05, 3.63) is 23.4 Å². The van der Waals surface area contributed by atoms with Crippen molar-refractivity contribution in [2.24, 2.45) is 10.4 Å². The predicted octanol–water partition coefficient (Wildman–Crippen LogP) is 3.99. The fourth-order valence-corrected chi connectivity index (χ4v) is 1.11. The Kier molecular flexibility index (Phi) is 5.20. The predicted molar refractivity (Wildman–Crippen MR) is 68.9 cm³/mol. The van der Waals surface area contributed by atoms with Gasteiger partial charge in [-0.2, -0.15) is 0 Å². The standard InChI is InChI=1S/C11H16N2.C2H6/c1-5-8-7-13-10(6-9(8)12)11(2,3)4;1-2/h5-7,12H,1-4H3;1-2H3/b8-5-,12-9?;. The number of nitrogens with one attached hydrogen (secondary N) is 1. The zero-order chi connectivity index (χ0) is 12.1. The van der Waals surface area contributed by atoms with Crippen LogP contribution in [0.1, 0.15) is 41.5 Å². The Morgan fingerprint density at radius 3 is 2.13 bits per heavy atom. The van der Waals surface area contributed by atoms with Gasteiger partial charge < -0.3 is 5.41 Å². The Balaban J connectivity index is 0.000000921. The van der Waals surface area contributed by atoms with E-state index in [4.69, 9.17) is 5.41 Å². The largest absolute Gasteiger partial charge is 0.300 e. The summed E-state index contributed by atoms with van der Waals surface area (Å²) < 4.78 is 0. The first kappa shape index (κ1) is 13.8. The molecule has 0 aromatic rings. The maximum atomic E-state index is 7.72. The molecule has 1 aliphatic heterocycles. The van der Waals surface area contributed by atoms with Crippen LogP contribution in [0.3, 0.4) is 0 Å². The molecule has 1 heterocycles. The minimum absolute atomic E-state index is 0.0298. The highest BCUT2D eigenvalue weighted by Crippen LogP contribution is 2.28. The summed E-state index contributed by atoms with van der Waals surface area (Å²) in [5, 5.41) is 7.72. The molecule has 0 aromatic carbocycles. The molecule has 0 amide bonds. The van der Waals surface area contributed by atoms with Gasteiger partial charge in [-0.1, -0.05) is 40.7 Å². The van der Waals surface area contributed by atoms with Crippen molar-refractivity contribution in [1.29, 1.82) is 5.41 Å². The average Bonchev–Trinajstić information content (AvgIpc) is 2.19. The average molecular weight is 206 g/mol. The van der Waals surface area contributed by atoms with Crippen molar-refractivity contribution in [3.63, 3.8) is 0 Å². The van der Waals surface area contributed by atoms with Crippen LogP contribution in [-0.4, -0.2) is 11.9 Å². The lowest BCUT2D eigenvalue weighted by Gasteiger charge is -2.21. The third-order valence-electron chi connectivity index (χ3n) is 2.01. The molecule has 0 aliphatic carbocycles. The minimum atomic E-state index is 0.0298. The van der Waals surface area contributed by atoms with E-state index in [0.717, 1.165) is 11.3 Å². The van der Waals surface area contributed by atoms with Crippen LogP contribution in [0.2, 0.25) is 0 Å². The topological polar surface area (TPSA) is 36.2 Å². The van der Waals surface area contributed by atoms with E-state index in [2.05, 4.69) is 25.8 Å². The Hall–Kier alpha value is -1.18. The van der Waals surface area contributed by atoms with Crippen LogP contribution in [0.25, 0.3) is 0 Å². The maximum Gasteiger partial charge on any atom is 0.0642 e. The molecule has 15 heavy (non-hydrogen) atoms. The van der Waals surface area contributed by atoms with Crippen molar-refractivity contribution < 1.29 is 0 Å². The van der Waals surface area contributed by atoms with Gasteiger partial charge in [0.2, 0.25) is 0 Å². The van der Waals surface area contributed by atoms with Gasteiger partial charge in [0.15, 0.2) is 0 Å². The van der Waals surface area contributed by atoms with Crippen LogP contribution >= 0.6 is 0 Å². The smallest absolute Gasteiger partial charge is 0.0642 e.